The van der Waals surface area contributed by atoms with E-state index in [1.807, 2.05) is 13.1 Å². The molecule has 20 heavy (non-hydrogen) atoms. The molecule has 0 saturated carbocycles. The number of hydrogen-bond acceptors (Lipinski definition) is 2. The third-order valence-corrected chi connectivity index (χ3v) is 3.51. The summed E-state index contributed by atoms with van der Waals surface area (Å²) in [4.78, 5) is 6.68. The Bertz CT molecular complexity index is 597. The van der Waals surface area contributed by atoms with Crippen molar-refractivity contribution in [3.8, 4) is 11.1 Å². The smallest absolute Gasteiger partial charge is 0.0859 e. The fraction of sp³-hybridized carbons (Fsp3) is 0.278. The lowest BCUT2D eigenvalue weighted by atomic mass is 10.0. The molecular formula is C18H22N2. The van der Waals surface area contributed by atoms with Crippen molar-refractivity contribution >= 4 is 17.6 Å². The molecule has 0 atom stereocenters. The van der Waals surface area contributed by atoms with E-state index in [0.717, 1.165) is 12.2 Å². The first-order valence-electron chi connectivity index (χ1n) is 7.06. The first-order valence-corrected chi connectivity index (χ1v) is 7.06. The molecule has 2 aromatic carbocycles. The summed E-state index contributed by atoms with van der Waals surface area (Å²) in [6.07, 6.45) is 1.84. The van der Waals surface area contributed by atoms with Crippen LogP contribution in [0.4, 0.5) is 11.4 Å². The van der Waals surface area contributed by atoms with Crippen LogP contribution in [0.2, 0.25) is 0 Å². The molecule has 0 spiro atoms. The van der Waals surface area contributed by atoms with Gasteiger partial charge in [-0.25, -0.2) is 0 Å². The highest BCUT2D eigenvalue weighted by Gasteiger charge is 2.07. The summed E-state index contributed by atoms with van der Waals surface area (Å²) in [5, 5.41) is 0. The van der Waals surface area contributed by atoms with Crippen LogP contribution in [0.3, 0.4) is 0 Å². The van der Waals surface area contributed by atoms with Crippen LogP contribution in [0.1, 0.15) is 19.4 Å². The van der Waals surface area contributed by atoms with Gasteiger partial charge in [-0.3, -0.25) is 4.99 Å². The summed E-state index contributed by atoms with van der Waals surface area (Å²) >= 11 is 0. The van der Waals surface area contributed by atoms with Crippen molar-refractivity contribution < 1.29 is 0 Å². The van der Waals surface area contributed by atoms with Gasteiger partial charge in [-0.1, -0.05) is 35.9 Å². The minimum Gasteiger partial charge on any atom is -0.373 e. The van der Waals surface area contributed by atoms with Gasteiger partial charge in [-0.05, 0) is 44.0 Å². The molecule has 0 N–H and O–H groups in total. The number of aliphatic imine (C=N–C) groups is 1. The lowest BCUT2D eigenvalue weighted by molar-refractivity contribution is 0.968. The molecule has 2 nitrogen and oxygen atoms in total. The standard InChI is InChI=1S/C18H22N2/c1-5-19-17-12-11-16(13-18(17)20(4)6-2)15-9-7-14(3)8-10-15/h5,7-13H,6H2,1-4H3. The minimum absolute atomic E-state index is 0.962. The van der Waals surface area contributed by atoms with E-state index < -0.39 is 0 Å². The van der Waals surface area contributed by atoms with Crippen molar-refractivity contribution in [1.82, 2.24) is 0 Å². The molecule has 0 aliphatic carbocycles. The Morgan fingerprint density at radius 2 is 1.70 bits per heavy atom. The third kappa shape index (κ3) is 3.08. The van der Waals surface area contributed by atoms with Crippen molar-refractivity contribution in [1.29, 1.82) is 0 Å². The second-order valence-corrected chi connectivity index (χ2v) is 4.97. The van der Waals surface area contributed by atoms with Crippen LogP contribution in [0, 0.1) is 6.92 Å². The van der Waals surface area contributed by atoms with Crippen molar-refractivity contribution in [3.63, 3.8) is 0 Å². The molecule has 0 amide bonds. The lowest BCUT2D eigenvalue weighted by Crippen LogP contribution is -2.15. The first kappa shape index (κ1) is 14.3. The molecule has 0 aliphatic heterocycles. The molecule has 0 bridgehead atoms. The molecular weight excluding hydrogens is 244 g/mol. The maximum Gasteiger partial charge on any atom is 0.0859 e. The van der Waals surface area contributed by atoms with Crippen LogP contribution in [-0.2, 0) is 0 Å². The summed E-state index contributed by atoms with van der Waals surface area (Å²) in [5.41, 5.74) is 5.95. The number of aryl methyl sites for hydroxylation is 1. The van der Waals surface area contributed by atoms with Crippen LogP contribution in [-0.4, -0.2) is 19.8 Å². The van der Waals surface area contributed by atoms with E-state index in [0.29, 0.717) is 0 Å². The number of benzene rings is 2. The predicted octanol–water partition coefficient (Wildman–Crippen LogP) is 4.84. The summed E-state index contributed by atoms with van der Waals surface area (Å²) in [5.74, 6) is 0. The van der Waals surface area contributed by atoms with Crippen LogP contribution in [0.15, 0.2) is 47.5 Å². The Balaban J connectivity index is 2.48. The van der Waals surface area contributed by atoms with E-state index in [4.69, 9.17) is 0 Å². The van der Waals surface area contributed by atoms with E-state index in [1.54, 1.807) is 0 Å². The summed E-state index contributed by atoms with van der Waals surface area (Å²) in [7, 11) is 2.10. The molecule has 0 unspecified atom stereocenters. The van der Waals surface area contributed by atoms with E-state index in [2.05, 4.69) is 73.3 Å². The average molecular weight is 266 g/mol. The minimum atomic E-state index is 0.962. The Kier molecular flexibility index (Phi) is 4.57. The average Bonchev–Trinajstić information content (AvgIpc) is 2.48. The van der Waals surface area contributed by atoms with E-state index in [-0.39, 0.29) is 0 Å². The number of rotatable bonds is 4. The van der Waals surface area contributed by atoms with Gasteiger partial charge in [0.15, 0.2) is 0 Å². The zero-order chi connectivity index (χ0) is 14.5. The SMILES string of the molecule is CC=Nc1ccc(-c2ccc(C)cc2)cc1N(C)CC. The Hall–Kier alpha value is -2.09. The second kappa shape index (κ2) is 6.38. The van der Waals surface area contributed by atoms with Crippen molar-refractivity contribution in [2.24, 2.45) is 4.99 Å². The highest BCUT2D eigenvalue weighted by Crippen LogP contribution is 2.33. The lowest BCUT2D eigenvalue weighted by Gasteiger charge is -2.20. The topological polar surface area (TPSA) is 15.6 Å². The first-order chi connectivity index (χ1) is 9.65. The number of hydrogen-bond donors (Lipinski definition) is 0. The third-order valence-electron chi connectivity index (χ3n) is 3.51. The zero-order valence-electron chi connectivity index (χ0n) is 12.7. The number of anilines is 1. The van der Waals surface area contributed by atoms with E-state index >= 15 is 0 Å². The van der Waals surface area contributed by atoms with Gasteiger partial charge in [0.25, 0.3) is 0 Å². The molecule has 0 aromatic heterocycles. The maximum absolute atomic E-state index is 4.46. The Labute approximate surface area is 121 Å². The van der Waals surface area contributed by atoms with Gasteiger partial charge < -0.3 is 4.90 Å². The maximum atomic E-state index is 4.46. The largest absolute Gasteiger partial charge is 0.373 e. The molecule has 0 fully saturated rings. The molecule has 0 aliphatic rings. The van der Waals surface area contributed by atoms with Gasteiger partial charge in [0.1, 0.15) is 0 Å². The molecule has 0 heterocycles. The molecule has 0 saturated heterocycles. The molecule has 0 radical (unpaired) electrons. The molecule has 2 aromatic rings. The fourth-order valence-electron chi connectivity index (χ4n) is 2.17. The van der Waals surface area contributed by atoms with Gasteiger partial charge in [-0.15, -0.1) is 0 Å². The predicted molar refractivity (Wildman–Crippen MR) is 89.4 cm³/mol. The fourth-order valence-corrected chi connectivity index (χ4v) is 2.17. The van der Waals surface area contributed by atoms with Crippen LogP contribution in [0.5, 0.6) is 0 Å². The van der Waals surface area contributed by atoms with Gasteiger partial charge >= 0.3 is 0 Å². The molecule has 2 heteroatoms. The molecule has 2 rings (SSSR count). The van der Waals surface area contributed by atoms with Crippen molar-refractivity contribution in [2.45, 2.75) is 20.8 Å². The second-order valence-electron chi connectivity index (χ2n) is 4.97. The molecule has 104 valence electrons. The summed E-state index contributed by atoms with van der Waals surface area (Å²) in [6.45, 7) is 7.17. The van der Waals surface area contributed by atoms with E-state index in [9.17, 15) is 0 Å². The Morgan fingerprint density at radius 1 is 1.05 bits per heavy atom. The summed E-state index contributed by atoms with van der Waals surface area (Å²) < 4.78 is 0. The highest BCUT2D eigenvalue weighted by atomic mass is 15.1. The van der Waals surface area contributed by atoms with Gasteiger partial charge in [0, 0.05) is 19.8 Å². The van der Waals surface area contributed by atoms with Crippen molar-refractivity contribution in [3.05, 3.63) is 48.0 Å². The monoisotopic (exact) mass is 266 g/mol. The van der Waals surface area contributed by atoms with Gasteiger partial charge in [0.05, 0.1) is 11.4 Å². The van der Waals surface area contributed by atoms with Crippen LogP contribution in [0.25, 0.3) is 11.1 Å². The van der Waals surface area contributed by atoms with Gasteiger partial charge in [-0.2, -0.15) is 0 Å². The number of nitrogens with zero attached hydrogens (tertiary/aromatic N) is 2. The quantitative estimate of drug-likeness (QED) is 0.723. The van der Waals surface area contributed by atoms with Gasteiger partial charge in [0.2, 0.25) is 0 Å². The Morgan fingerprint density at radius 3 is 2.30 bits per heavy atom. The zero-order valence-corrected chi connectivity index (χ0v) is 12.7. The van der Waals surface area contributed by atoms with Crippen LogP contribution < -0.4 is 4.90 Å². The van der Waals surface area contributed by atoms with Crippen LogP contribution >= 0.6 is 0 Å². The van der Waals surface area contributed by atoms with E-state index in [1.165, 1.54) is 22.4 Å². The summed E-state index contributed by atoms with van der Waals surface area (Å²) in [6, 6.07) is 15.1. The normalized spacial score (nSPS) is 11.0. The highest BCUT2D eigenvalue weighted by molar-refractivity contribution is 5.78. The van der Waals surface area contributed by atoms with Crippen molar-refractivity contribution in [2.75, 3.05) is 18.5 Å².